The first-order valence-corrected chi connectivity index (χ1v) is 8.56. The molecule has 5 nitrogen and oxygen atoms in total. The highest BCUT2D eigenvalue weighted by atomic mass is 127. The summed E-state index contributed by atoms with van der Waals surface area (Å²) in [7, 11) is 3.38. The lowest BCUT2D eigenvalue weighted by molar-refractivity contribution is 0.409. The minimum Gasteiger partial charge on any atom is -0.496 e. The number of guanidine groups is 1. The Kier molecular flexibility index (Phi) is 9.38. The number of benzene rings is 1. The van der Waals surface area contributed by atoms with Gasteiger partial charge in [-0.1, -0.05) is 24.6 Å². The molecule has 0 unspecified atom stereocenters. The number of methoxy groups -OCH3 is 1. The predicted octanol–water partition coefficient (Wildman–Crippen LogP) is 3.85. The van der Waals surface area contributed by atoms with Crippen LogP contribution in [0.2, 0.25) is 5.02 Å². The maximum Gasteiger partial charge on any atom is 0.191 e. The molecular formula is C16H22ClIN4OS. The third kappa shape index (κ3) is 6.10. The van der Waals surface area contributed by atoms with Gasteiger partial charge < -0.3 is 15.4 Å². The van der Waals surface area contributed by atoms with E-state index in [1.807, 2.05) is 18.3 Å². The van der Waals surface area contributed by atoms with Crippen molar-refractivity contribution in [1.29, 1.82) is 0 Å². The van der Waals surface area contributed by atoms with Gasteiger partial charge in [0, 0.05) is 35.3 Å². The topological polar surface area (TPSA) is 58.5 Å². The Morgan fingerprint density at radius 2 is 2.08 bits per heavy atom. The number of ether oxygens (including phenoxy) is 1. The number of aryl methyl sites for hydroxylation is 1. The van der Waals surface area contributed by atoms with Gasteiger partial charge in [-0.3, -0.25) is 4.99 Å². The molecule has 0 aliphatic heterocycles. The average Bonchev–Trinajstić information content (AvgIpc) is 3.04. The van der Waals surface area contributed by atoms with E-state index >= 15 is 0 Å². The number of rotatable bonds is 6. The van der Waals surface area contributed by atoms with Gasteiger partial charge in [0.2, 0.25) is 0 Å². The second kappa shape index (κ2) is 10.7. The van der Waals surface area contributed by atoms with Crippen LogP contribution in [-0.2, 0) is 19.5 Å². The summed E-state index contributed by atoms with van der Waals surface area (Å²) in [5.41, 5.74) is 1.02. The third-order valence-corrected chi connectivity index (χ3v) is 4.65. The lowest BCUT2D eigenvalue weighted by Crippen LogP contribution is -2.36. The Balaban J connectivity index is 0.00000288. The fraction of sp³-hybridized carbons (Fsp3) is 0.375. The zero-order chi connectivity index (χ0) is 16.7. The minimum atomic E-state index is 0. The molecule has 0 atom stereocenters. The van der Waals surface area contributed by atoms with Crippen LogP contribution in [0.25, 0.3) is 0 Å². The highest BCUT2D eigenvalue weighted by Crippen LogP contribution is 2.22. The number of thiazole rings is 1. The summed E-state index contributed by atoms with van der Waals surface area (Å²) in [4.78, 5) is 9.90. The molecule has 0 fully saturated rings. The number of aliphatic imine (C=N–C) groups is 1. The van der Waals surface area contributed by atoms with Crippen molar-refractivity contribution in [2.24, 2.45) is 4.99 Å². The van der Waals surface area contributed by atoms with Gasteiger partial charge in [0.25, 0.3) is 0 Å². The molecule has 8 heteroatoms. The van der Waals surface area contributed by atoms with Crippen molar-refractivity contribution < 1.29 is 4.74 Å². The van der Waals surface area contributed by atoms with Gasteiger partial charge in [-0.25, -0.2) is 4.98 Å². The van der Waals surface area contributed by atoms with Crippen molar-refractivity contribution in [3.63, 3.8) is 0 Å². The molecule has 1 heterocycles. The number of hydrogen-bond acceptors (Lipinski definition) is 4. The summed E-state index contributed by atoms with van der Waals surface area (Å²) in [5.74, 6) is 1.48. The van der Waals surface area contributed by atoms with Gasteiger partial charge in [-0.15, -0.1) is 35.3 Å². The monoisotopic (exact) mass is 480 g/mol. The molecule has 0 aliphatic rings. The number of aromatic nitrogens is 1. The van der Waals surface area contributed by atoms with Gasteiger partial charge in [-0.2, -0.15) is 0 Å². The molecule has 132 valence electrons. The Bertz CT molecular complexity index is 678. The molecule has 24 heavy (non-hydrogen) atoms. The molecule has 2 aromatic rings. The van der Waals surface area contributed by atoms with Crippen LogP contribution in [0.3, 0.4) is 0 Å². The van der Waals surface area contributed by atoms with Crippen LogP contribution < -0.4 is 15.4 Å². The fourth-order valence-electron chi connectivity index (χ4n) is 2.02. The van der Waals surface area contributed by atoms with Gasteiger partial charge in [-0.05, 0) is 18.6 Å². The van der Waals surface area contributed by atoms with Crippen LogP contribution in [0.5, 0.6) is 5.75 Å². The zero-order valence-corrected chi connectivity index (χ0v) is 17.8. The summed E-state index contributed by atoms with van der Waals surface area (Å²) in [5, 5.41) is 8.23. The Morgan fingerprint density at radius 1 is 1.33 bits per heavy atom. The van der Waals surface area contributed by atoms with E-state index in [0.717, 1.165) is 28.7 Å². The highest BCUT2D eigenvalue weighted by Gasteiger charge is 2.06. The van der Waals surface area contributed by atoms with Crippen LogP contribution in [0.15, 0.2) is 29.4 Å². The summed E-state index contributed by atoms with van der Waals surface area (Å²) >= 11 is 7.69. The first kappa shape index (κ1) is 21.0. The van der Waals surface area contributed by atoms with Gasteiger partial charge in [0.1, 0.15) is 10.8 Å². The molecule has 0 bridgehead atoms. The van der Waals surface area contributed by atoms with Crippen molar-refractivity contribution >= 4 is 52.9 Å². The Labute approximate surface area is 168 Å². The van der Waals surface area contributed by atoms with E-state index in [4.69, 9.17) is 16.3 Å². The van der Waals surface area contributed by atoms with Crippen LogP contribution in [0, 0.1) is 0 Å². The zero-order valence-electron chi connectivity index (χ0n) is 13.9. The summed E-state index contributed by atoms with van der Waals surface area (Å²) in [6.45, 7) is 3.38. The molecule has 1 aromatic heterocycles. The standard InChI is InChI=1S/C16H21ClN4OS.HI/c1-4-13-9-19-15(23-13)10-21-16(18-2)20-8-11-5-6-12(17)7-14(11)22-3;/h5-7,9H,4,8,10H2,1-3H3,(H2,18,20,21);1H. The van der Waals surface area contributed by atoms with Crippen LogP contribution in [-0.4, -0.2) is 25.1 Å². The van der Waals surface area contributed by atoms with Crippen LogP contribution in [0.4, 0.5) is 0 Å². The molecular weight excluding hydrogens is 459 g/mol. The van der Waals surface area contributed by atoms with E-state index in [1.54, 1.807) is 31.6 Å². The summed E-state index contributed by atoms with van der Waals surface area (Å²) in [6.07, 6.45) is 2.94. The van der Waals surface area contributed by atoms with E-state index in [2.05, 4.69) is 27.5 Å². The lowest BCUT2D eigenvalue weighted by atomic mass is 10.2. The number of hydrogen-bond donors (Lipinski definition) is 2. The van der Waals surface area contributed by atoms with E-state index in [9.17, 15) is 0 Å². The van der Waals surface area contributed by atoms with Crippen LogP contribution in [0.1, 0.15) is 22.4 Å². The Morgan fingerprint density at radius 3 is 2.71 bits per heavy atom. The molecule has 1 aromatic carbocycles. The van der Waals surface area contributed by atoms with Gasteiger partial charge in [0.05, 0.1) is 13.7 Å². The molecule has 0 amide bonds. The molecule has 2 N–H and O–H groups in total. The van der Waals surface area contributed by atoms with Crippen molar-refractivity contribution in [3.05, 3.63) is 44.9 Å². The molecule has 2 rings (SSSR count). The molecule has 0 saturated heterocycles. The second-order valence-electron chi connectivity index (χ2n) is 4.81. The van der Waals surface area contributed by atoms with E-state index in [-0.39, 0.29) is 24.0 Å². The maximum atomic E-state index is 5.97. The maximum absolute atomic E-state index is 5.97. The summed E-state index contributed by atoms with van der Waals surface area (Å²) in [6, 6.07) is 5.59. The average molecular weight is 481 g/mol. The number of halogens is 2. The predicted molar refractivity (Wildman–Crippen MR) is 112 cm³/mol. The van der Waals surface area contributed by atoms with Crippen molar-refractivity contribution in [3.8, 4) is 5.75 Å². The highest BCUT2D eigenvalue weighted by molar-refractivity contribution is 14.0. The fourth-order valence-corrected chi connectivity index (χ4v) is 2.98. The normalized spacial score (nSPS) is 10.9. The summed E-state index contributed by atoms with van der Waals surface area (Å²) < 4.78 is 5.34. The van der Waals surface area contributed by atoms with Crippen molar-refractivity contribution in [2.75, 3.05) is 14.2 Å². The quantitative estimate of drug-likeness (QED) is 0.375. The van der Waals surface area contributed by atoms with E-state index in [1.165, 1.54) is 4.88 Å². The SMILES string of the molecule is CCc1cnc(CNC(=NC)NCc2ccc(Cl)cc2OC)s1.I. The van der Waals surface area contributed by atoms with Crippen LogP contribution >= 0.6 is 46.9 Å². The van der Waals surface area contributed by atoms with Crippen molar-refractivity contribution in [1.82, 2.24) is 15.6 Å². The lowest BCUT2D eigenvalue weighted by Gasteiger charge is -2.13. The molecule has 0 radical (unpaired) electrons. The second-order valence-corrected chi connectivity index (χ2v) is 6.45. The number of nitrogens with one attached hydrogen (secondary N) is 2. The van der Waals surface area contributed by atoms with Gasteiger partial charge >= 0.3 is 0 Å². The first-order valence-electron chi connectivity index (χ1n) is 7.36. The van der Waals surface area contributed by atoms with Crippen molar-refractivity contribution in [2.45, 2.75) is 26.4 Å². The molecule has 0 spiro atoms. The van der Waals surface area contributed by atoms with E-state index < -0.39 is 0 Å². The molecule has 0 saturated carbocycles. The van der Waals surface area contributed by atoms with Gasteiger partial charge in [0.15, 0.2) is 5.96 Å². The number of nitrogens with zero attached hydrogens (tertiary/aromatic N) is 2. The third-order valence-electron chi connectivity index (χ3n) is 3.28. The molecule has 0 aliphatic carbocycles. The first-order chi connectivity index (χ1) is 11.2. The smallest absolute Gasteiger partial charge is 0.191 e. The Hall–Kier alpha value is -1.06. The van der Waals surface area contributed by atoms with E-state index in [0.29, 0.717) is 18.1 Å². The minimum absolute atomic E-state index is 0. The largest absolute Gasteiger partial charge is 0.496 e.